The van der Waals surface area contributed by atoms with Crippen LogP contribution in [0.25, 0.3) is 11.3 Å². The van der Waals surface area contributed by atoms with Crippen molar-refractivity contribution in [1.29, 1.82) is 0 Å². The molecule has 7 nitrogen and oxygen atoms in total. The molecule has 0 aliphatic carbocycles. The molecule has 1 amide bonds. The first-order valence-corrected chi connectivity index (χ1v) is 8.52. The van der Waals surface area contributed by atoms with Crippen LogP contribution in [-0.2, 0) is 17.9 Å². The largest absolute Gasteiger partial charge is 0.497 e. The van der Waals surface area contributed by atoms with E-state index < -0.39 is 0 Å². The Bertz CT molecular complexity index is 962. The van der Waals surface area contributed by atoms with Crippen molar-refractivity contribution in [2.75, 3.05) is 13.7 Å². The molecule has 3 aromatic rings. The number of carbonyl (C=O) groups excluding carboxylic acids is 1. The molecule has 0 spiro atoms. The van der Waals surface area contributed by atoms with Gasteiger partial charge < -0.3 is 14.4 Å². The third-order valence-electron chi connectivity index (χ3n) is 4.34. The van der Waals surface area contributed by atoms with Crippen LogP contribution in [-0.4, -0.2) is 39.5 Å². The highest BCUT2D eigenvalue weighted by Crippen LogP contribution is 2.26. The van der Waals surface area contributed by atoms with Gasteiger partial charge in [0.25, 0.3) is 5.91 Å². The number of benzene rings is 1. The summed E-state index contributed by atoms with van der Waals surface area (Å²) in [7, 11) is 1.62. The van der Waals surface area contributed by atoms with Crippen molar-refractivity contribution in [1.82, 2.24) is 19.9 Å². The summed E-state index contributed by atoms with van der Waals surface area (Å²) in [6.07, 6.45) is 4.89. The molecule has 1 aliphatic heterocycles. The van der Waals surface area contributed by atoms with Gasteiger partial charge >= 0.3 is 0 Å². The van der Waals surface area contributed by atoms with Gasteiger partial charge in [0, 0.05) is 24.5 Å². The summed E-state index contributed by atoms with van der Waals surface area (Å²) in [5.74, 6) is 1.30. The molecule has 136 valence electrons. The van der Waals surface area contributed by atoms with Gasteiger partial charge in [-0.15, -0.1) is 0 Å². The molecule has 0 radical (unpaired) electrons. The summed E-state index contributed by atoms with van der Waals surface area (Å²) in [4.78, 5) is 27.0. The molecule has 0 fully saturated rings. The number of methoxy groups -OCH3 is 1. The van der Waals surface area contributed by atoms with Crippen LogP contribution in [0.4, 0.5) is 0 Å². The number of pyridine rings is 1. The van der Waals surface area contributed by atoms with Gasteiger partial charge in [0.2, 0.25) is 0 Å². The first kappa shape index (κ1) is 17.0. The van der Waals surface area contributed by atoms with E-state index in [-0.39, 0.29) is 12.5 Å². The molecule has 0 bridgehead atoms. The van der Waals surface area contributed by atoms with Gasteiger partial charge in [-0.3, -0.25) is 4.79 Å². The minimum absolute atomic E-state index is 0.00750. The van der Waals surface area contributed by atoms with Crippen molar-refractivity contribution < 1.29 is 14.3 Å². The van der Waals surface area contributed by atoms with Crippen LogP contribution >= 0.6 is 0 Å². The van der Waals surface area contributed by atoms with Crippen LogP contribution in [0.1, 0.15) is 11.3 Å². The third kappa shape index (κ3) is 3.72. The van der Waals surface area contributed by atoms with E-state index in [0.29, 0.717) is 24.5 Å². The zero-order chi connectivity index (χ0) is 18.6. The molecular weight excluding hydrogens is 344 g/mol. The molecule has 4 rings (SSSR count). The Morgan fingerprint density at radius 2 is 2.04 bits per heavy atom. The molecule has 1 aliphatic rings. The second-order valence-corrected chi connectivity index (χ2v) is 6.16. The van der Waals surface area contributed by atoms with Gasteiger partial charge in [0.15, 0.2) is 6.61 Å². The maximum absolute atomic E-state index is 12.5. The molecule has 2 aromatic heterocycles. The van der Waals surface area contributed by atoms with E-state index in [0.717, 1.165) is 22.6 Å². The summed E-state index contributed by atoms with van der Waals surface area (Å²) in [6, 6.07) is 11.4. The third-order valence-corrected chi connectivity index (χ3v) is 4.34. The van der Waals surface area contributed by atoms with Crippen molar-refractivity contribution in [3.8, 4) is 22.8 Å². The van der Waals surface area contributed by atoms with Gasteiger partial charge in [-0.25, -0.2) is 15.0 Å². The summed E-state index contributed by atoms with van der Waals surface area (Å²) in [5, 5.41) is 0. The average molecular weight is 362 g/mol. The fourth-order valence-corrected chi connectivity index (χ4v) is 2.96. The van der Waals surface area contributed by atoms with Crippen LogP contribution < -0.4 is 9.47 Å². The van der Waals surface area contributed by atoms with E-state index in [1.54, 1.807) is 24.4 Å². The standard InChI is InChI=1S/C20H18N4O3/c1-26-16-4-2-3-14(7-16)10-24-11-18-19(27-12-20(24)25)6-5-17(23-18)15-8-21-13-22-9-15/h2-9,13H,10-12H2,1H3. The lowest BCUT2D eigenvalue weighted by Gasteiger charge is -2.20. The lowest BCUT2D eigenvalue weighted by molar-refractivity contribution is -0.133. The quantitative estimate of drug-likeness (QED) is 0.710. The first-order valence-electron chi connectivity index (χ1n) is 8.52. The normalized spacial score (nSPS) is 13.5. The highest BCUT2D eigenvalue weighted by Gasteiger charge is 2.23. The Kier molecular flexibility index (Phi) is 4.65. The molecule has 0 N–H and O–H groups in total. The molecule has 3 heterocycles. The van der Waals surface area contributed by atoms with Crippen molar-refractivity contribution in [3.63, 3.8) is 0 Å². The van der Waals surface area contributed by atoms with Crippen LogP contribution in [0.5, 0.6) is 11.5 Å². The summed E-state index contributed by atoms with van der Waals surface area (Å²) >= 11 is 0. The summed E-state index contributed by atoms with van der Waals surface area (Å²) in [5.41, 5.74) is 3.26. The fourth-order valence-electron chi connectivity index (χ4n) is 2.96. The maximum Gasteiger partial charge on any atom is 0.261 e. The number of ether oxygens (including phenoxy) is 2. The SMILES string of the molecule is COc1cccc(CN2Cc3nc(-c4cncnc4)ccc3OCC2=O)c1. The Labute approximate surface area is 156 Å². The van der Waals surface area contributed by atoms with Gasteiger partial charge in [0.1, 0.15) is 23.5 Å². The average Bonchev–Trinajstić information content (AvgIpc) is 2.87. The first-order chi connectivity index (χ1) is 13.2. The van der Waals surface area contributed by atoms with Crippen LogP contribution in [0, 0.1) is 0 Å². The predicted molar refractivity (Wildman–Crippen MR) is 98.0 cm³/mol. The summed E-state index contributed by atoms with van der Waals surface area (Å²) < 4.78 is 10.9. The van der Waals surface area contributed by atoms with Crippen LogP contribution in [0.3, 0.4) is 0 Å². The van der Waals surface area contributed by atoms with E-state index in [9.17, 15) is 4.79 Å². The Morgan fingerprint density at radius 3 is 2.85 bits per heavy atom. The number of aromatic nitrogens is 3. The number of hydrogen-bond acceptors (Lipinski definition) is 6. The molecule has 0 saturated heterocycles. The van der Waals surface area contributed by atoms with Crippen molar-refractivity contribution in [2.45, 2.75) is 13.1 Å². The molecule has 7 heteroatoms. The highest BCUT2D eigenvalue weighted by molar-refractivity contribution is 5.78. The van der Waals surface area contributed by atoms with E-state index in [4.69, 9.17) is 9.47 Å². The van der Waals surface area contributed by atoms with Crippen LogP contribution in [0.2, 0.25) is 0 Å². The van der Waals surface area contributed by atoms with Crippen molar-refractivity contribution in [3.05, 3.63) is 66.4 Å². The molecule has 1 aromatic carbocycles. The molecule has 0 atom stereocenters. The van der Waals surface area contributed by atoms with Gasteiger partial charge in [-0.2, -0.15) is 0 Å². The predicted octanol–water partition coefficient (Wildman–Crippen LogP) is 2.47. The lowest BCUT2D eigenvalue weighted by Crippen LogP contribution is -2.32. The Morgan fingerprint density at radius 1 is 1.19 bits per heavy atom. The zero-order valence-corrected chi connectivity index (χ0v) is 14.8. The minimum atomic E-state index is -0.0829. The number of nitrogens with zero attached hydrogens (tertiary/aromatic N) is 4. The molecular formula is C20H18N4O3. The number of amides is 1. The number of rotatable bonds is 4. The monoisotopic (exact) mass is 362 g/mol. The zero-order valence-electron chi connectivity index (χ0n) is 14.8. The van der Waals surface area contributed by atoms with Crippen LogP contribution in [0.15, 0.2) is 55.1 Å². The fraction of sp³-hybridized carbons (Fsp3) is 0.200. The van der Waals surface area contributed by atoms with E-state index in [2.05, 4.69) is 15.0 Å². The van der Waals surface area contributed by atoms with Gasteiger partial charge in [-0.1, -0.05) is 12.1 Å². The van der Waals surface area contributed by atoms with Crippen molar-refractivity contribution >= 4 is 5.91 Å². The topological polar surface area (TPSA) is 77.4 Å². The number of carbonyl (C=O) groups is 1. The Hall–Kier alpha value is -3.48. The van der Waals surface area contributed by atoms with Gasteiger partial charge in [0.05, 0.1) is 19.3 Å². The molecule has 27 heavy (non-hydrogen) atoms. The highest BCUT2D eigenvalue weighted by atomic mass is 16.5. The summed E-state index contributed by atoms with van der Waals surface area (Å²) in [6.45, 7) is 0.818. The minimum Gasteiger partial charge on any atom is -0.497 e. The number of fused-ring (bicyclic) bond motifs is 1. The lowest BCUT2D eigenvalue weighted by atomic mass is 10.1. The van der Waals surface area contributed by atoms with E-state index >= 15 is 0 Å². The van der Waals surface area contributed by atoms with Crippen molar-refractivity contribution in [2.24, 2.45) is 0 Å². The second kappa shape index (κ2) is 7.41. The van der Waals surface area contributed by atoms with Gasteiger partial charge in [-0.05, 0) is 29.8 Å². The maximum atomic E-state index is 12.5. The van der Waals surface area contributed by atoms with E-state index in [1.165, 1.54) is 6.33 Å². The second-order valence-electron chi connectivity index (χ2n) is 6.16. The van der Waals surface area contributed by atoms with E-state index in [1.807, 2.05) is 36.4 Å². The molecule has 0 saturated carbocycles. The smallest absolute Gasteiger partial charge is 0.261 e. The Balaban J connectivity index is 1.62. The number of hydrogen-bond donors (Lipinski definition) is 0. The molecule has 0 unspecified atom stereocenters.